The first kappa shape index (κ1) is 21.7. The smallest absolute Gasteiger partial charge is 0.240 e. The van der Waals surface area contributed by atoms with Crippen LogP contribution in [0.4, 0.5) is 5.69 Å². The zero-order valence-electron chi connectivity index (χ0n) is 15.9. The monoisotopic (exact) mass is 495 g/mol. The van der Waals surface area contributed by atoms with Crippen molar-refractivity contribution in [1.82, 2.24) is 5.43 Å². The molecule has 0 spiro atoms. The molecular formula is C20H22IN3O4. The van der Waals surface area contributed by atoms with Gasteiger partial charge in [-0.05, 0) is 71.5 Å². The average Bonchev–Trinajstić information content (AvgIpc) is 2.68. The molecule has 0 saturated carbocycles. The molecule has 2 amide bonds. The van der Waals surface area contributed by atoms with Gasteiger partial charge in [0.15, 0.2) is 0 Å². The zero-order chi connectivity index (χ0) is 20.5. The van der Waals surface area contributed by atoms with Gasteiger partial charge in [0, 0.05) is 27.7 Å². The number of carbonyl (C=O) groups excluding carboxylic acids is 2. The van der Waals surface area contributed by atoms with Gasteiger partial charge in [0.2, 0.25) is 11.8 Å². The van der Waals surface area contributed by atoms with E-state index in [0.717, 1.165) is 14.8 Å². The Bertz CT molecular complexity index is 884. The van der Waals surface area contributed by atoms with Crippen LogP contribution in [0.3, 0.4) is 0 Å². The minimum Gasteiger partial charge on any atom is -0.497 e. The molecule has 0 aliphatic heterocycles. The van der Waals surface area contributed by atoms with Crippen LogP contribution in [-0.2, 0) is 9.59 Å². The van der Waals surface area contributed by atoms with Crippen LogP contribution in [0.1, 0.15) is 24.0 Å². The van der Waals surface area contributed by atoms with Crippen molar-refractivity contribution in [3.63, 3.8) is 0 Å². The number of halogens is 1. The highest BCUT2D eigenvalue weighted by atomic mass is 127. The fraction of sp³-hybridized carbons (Fsp3) is 0.250. The summed E-state index contributed by atoms with van der Waals surface area (Å²) in [5.41, 5.74) is 4.79. The Balaban J connectivity index is 1.84. The molecule has 2 rings (SSSR count). The fourth-order valence-corrected chi connectivity index (χ4v) is 3.02. The largest absolute Gasteiger partial charge is 0.497 e. The highest BCUT2D eigenvalue weighted by Crippen LogP contribution is 2.22. The van der Waals surface area contributed by atoms with Crippen LogP contribution in [0.25, 0.3) is 0 Å². The van der Waals surface area contributed by atoms with Crippen LogP contribution in [0, 0.1) is 10.5 Å². The number of nitrogens with zero attached hydrogens (tertiary/aromatic N) is 1. The van der Waals surface area contributed by atoms with Crippen molar-refractivity contribution in [3.05, 3.63) is 51.1 Å². The molecular weight excluding hydrogens is 473 g/mol. The van der Waals surface area contributed by atoms with Crippen LogP contribution < -0.4 is 20.2 Å². The van der Waals surface area contributed by atoms with E-state index in [4.69, 9.17) is 9.47 Å². The first-order chi connectivity index (χ1) is 13.4. The van der Waals surface area contributed by atoms with Gasteiger partial charge in [0.05, 0.1) is 20.4 Å². The number of methoxy groups -OCH3 is 2. The maximum Gasteiger partial charge on any atom is 0.240 e. The van der Waals surface area contributed by atoms with Gasteiger partial charge < -0.3 is 14.8 Å². The lowest BCUT2D eigenvalue weighted by Gasteiger charge is -2.08. The lowest BCUT2D eigenvalue weighted by molar-refractivity contribution is -0.124. The Hall–Kier alpha value is -2.62. The van der Waals surface area contributed by atoms with E-state index in [2.05, 4.69) is 38.4 Å². The number of benzene rings is 2. The number of amides is 2. The molecule has 0 fully saturated rings. The Labute approximate surface area is 177 Å². The van der Waals surface area contributed by atoms with Crippen molar-refractivity contribution in [2.45, 2.75) is 19.8 Å². The van der Waals surface area contributed by atoms with Crippen molar-refractivity contribution in [2.24, 2.45) is 5.10 Å². The van der Waals surface area contributed by atoms with Gasteiger partial charge in [0.1, 0.15) is 11.5 Å². The number of anilines is 1. The summed E-state index contributed by atoms with van der Waals surface area (Å²) in [6.07, 6.45) is 1.56. The SMILES string of the molecule is COc1ccc(OC)c(/C=N\NC(=O)CCC(=O)Nc2ccc(I)cc2C)c1. The molecule has 0 unspecified atom stereocenters. The van der Waals surface area contributed by atoms with Crippen molar-refractivity contribution < 1.29 is 19.1 Å². The van der Waals surface area contributed by atoms with Crippen LogP contribution in [0.2, 0.25) is 0 Å². The summed E-state index contributed by atoms with van der Waals surface area (Å²) in [5, 5.41) is 6.73. The predicted octanol–water partition coefficient (Wildman–Crippen LogP) is 3.49. The minimum absolute atomic E-state index is 0.0296. The van der Waals surface area contributed by atoms with Gasteiger partial charge in [-0.2, -0.15) is 5.10 Å². The number of hydrogen-bond acceptors (Lipinski definition) is 5. The van der Waals surface area contributed by atoms with Crippen LogP contribution in [0.5, 0.6) is 11.5 Å². The highest BCUT2D eigenvalue weighted by molar-refractivity contribution is 14.1. The van der Waals surface area contributed by atoms with Crippen LogP contribution in [0.15, 0.2) is 41.5 Å². The van der Waals surface area contributed by atoms with Crippen LogP contribution in [-0.4, -0.2) is 32.2 Å². The third kappa shape index (κ3) is 6.52. The molecule has 0 aliphatic carbocycles. The average molecular weight is 495 g/mol. The summed E-state index contributed by atoms with van der Waals surface area (Å²) < 4.78 is 11.5. The van der Waals surface area contributed by atoms with Crippen molar-refractivity contribution in [1.29, 1.82) is 0 Å². The second kappa shape index (κ2) is 10.6. The van der Waals surface area contributed by atoms with Gasteiger partial charge in [-0.1, -0.05) is 0 Å². The number of ether oxygens (including phenoxy) is 2. The van der Waals surface area contributed by atoms with Crippen molar-refractivity contribution >= 4 is 46.3 Å². The van der Waals surface area contributed by atoms with Crippen molar-refractivity contribution in [2.75, 3.05) is 19.5 Å². The summed E-state index contributed by atoms with van der Waals surface area (Å²) in [5.74, 6) is 0.674. The molecule has 2 N–H and O–H groups in total. The lowest BCUT2D eigenvalue weighted by atomic mass is 10.2. The second-order valence-corrected chi connectivity index (χ2v) is 7.15. The minimum atomic E-state index is -0.354. The molecule has 2 aromatic carbocycles. The molecule has 0 radical (unpaired) electrons. The molecule has 148 valence electrons. The molecule has 0 heterocycles. The maximum absolute atomic E-state index is 12.0. The van der Waals surface area contributed by atoms with E-state index >= 15 is 0 Å². The number of rotatable bonds is 8. The van der Waals surface area contributed by atoms with E-state index in [1.165, 1.54) is 6.21 Å². The molecule has 8 heteroatoms. The molecule has 2 aromatic rings. The molecule has 0 bridgehead atoms. The van der Waals surface area contributed by atoms with E-state index in [9.17, 15) is 9.59 Å². The van der Waals surface area contributed by atoms with E-state index in [1.807, 2.05) is 25.1 Å². The first-order valence-electron chi connectivity index (χ1n) is 8.53. The summed E-state index contributed by atoms with van der Waals surface area (Å²) in [6.45, 7) is 1.92. The highest BCUT2D eigenvalue weighted by Gasteiger charge is 2.09. The number of aryl methyl sites for hydroxylation is 1. The van der Waals surface area contributed by atoms with E-state index in [0.29, 0.717) is 17.1 Å². The quantitative estimate of drug-likeness (QED) is 0.334. The number of hydrazone groups is 1. The number of nitrogens with one attached hydrogen (secondary N) is 2. The summed E-state index contributed by atoms with van der Waals surface area (Å²) in [6, 6.07) is 11.0. The Morgan fingerprint density at radius 3 is 2.50 bits per heavy atom. The van der Waals surface area contributed by atoms with Crippen LogP contribution >= 0.6 is 22.6 Å². The maximum atomic E-state index is 12.0. The molecule has 7 nitrogen and oxygen atoms in total. The van der Waals surface area contributed by atoms with Gasteiger partial charge in [0.25, 0.3) is 0 Å². The summed E-state index contributed by atoms with van der Waals surface area (Å²) in [7, 11) is 3.11. The Morgan fingerprint density at radius 1 is 1.07 bits per heavy atom. The summed E-state index contributed by atoms with van der Waals surface area (Å²) >= 11 is 2.21. The molecule has 0 aromatic heterocycles. The summed E-state index contributed by atoms with van der Waals surface area (Å²) in [4.78, 5) is 24.0. The third-order valence-corrected chi connectivity index (χ3v) is 4.54. The topological polar surface area (TPSA) is 89.0 Å². The Kier molecular flexibility index (Phi) is 8.24. The van der Waals surface area contributed by atoms with Gasteiger partial charge >= 0.3 is 0 Å². The standard InChI is InChI=1S/C20H22IN3O4/c1-13-10-15(21)4-6-17(13)23-19(25)8-9-20(26)24-22-12-14-11-16(27-2)5-7-18(14)28-3/h4-7,10-12H,8-9H2,1-3H3,(H,23,25)(H,24,26)/b22-12-. The fourth-order valence-electron chi connectivity index (χ4n) is 2.38. The van der Waals surface area contributed by atoms with Crippen molar-refractivity contribution in [3.8, 4) is 11.5 Å². The number of carbonyl (C=O) groups is 2. The van der Waals surface area contributed by atoms with E-state index in [-0.39, 0.29) is 24.7 Å². The molecule has 0 atom stereocenters. The molecule has 0 saturated heterocycles. The molecule has 0 aliphatic rings. The van der Waals surface area contributed by atoms with E-state index < -0.39 is 0 Å². The Morgan fingerprint density at radius 2 is 1.82 bits per heavy atom. The third-order valence-electron chi connectivity index (χ3n) is 3.87. The van der Waals surface area contributed by atoms with Gasteiger partial charge in [-0.15, -0.1) is 0 Å². The second-order valence-electron chi connectivity index (χ2n) is 5.91. The zero-order valence-corrected chi connectivity index (χ0v) is 18.1. The van der Waals surface area contributed by atoms with E-state index in [1.54, 1.807) is 32.4 Å². The first-order valence-corrected chi connectivity index (χ1v) is 9.60. The lowest BCUT2D eigenvalue weighted by Crippen LogP contribution is -2.21. The normalized spacial score (nSPS) is 10.6. The molecule has 28 heavy (non-hydrogen) atoms. The van der Waals surface area contributed by atoms with Gasteiger partial charge in [-0.3, -0.25) is 9.59 Å². The van der Waals surface area contributed by atoms with Gasteiger partial charge in [-0.25, -0.2) is 5.43 Å². The number of hydrogen-bond donors (Lipinski definition) is 2. The predicted molar refractivity (Wildman–Crippen MR) is 117 cm³/mol.